The molecule has 0 radical (unpaired) electrons. The fourth-order valence-corrected chi connectivity index (χ4v) is 0.632. The van der Waals surface area contributed by atoms with Gasteiger partial charge in [-0.25, -0.2) is 0 Å². The maximum absolute atomic E-state index is 10.5. The van der Waals surface area contributed by atoms with E-state index in [1.807, 2.05) is 13.8 Å². The van der Waals surface area contributed by atoms with E-state index >= 15 is 0 Å². The lowest BCUT2D eigenvalue weighted by atomic mass is 10.00. The lowest BCUT2D eigenvalue weighted by Crippen LogP contribution is -2.34. The van der Waals surface area contributed by atoms with Gasteiger partial charge in [-0.05, 0) is 11.1 Å². The van der Waals surface area contributed by atoms with Crippen molar-refractivity contribution >= 4 is 8.38 Å². The van der Waals surface area contributed by atoms with E-state index in [0.29, 0.717) is 0 Å². The first kappa shape index (κ1) is 9.35. The predicted molar refractivity (Wildman–Crippen MR) is 35.8 cm³/mol. The van der Waals surface area contributed by atoms with Gasteiger partial charge in [0.25, 0.3) is 0 Å². The Morgan fingerprint density at radius 3 is 1.56 bits per heavy atom. The van der Waals surface area contributed by atoms with Crippen molar-refractivity contribution in [3.63, 3.8) is 0 Å². The maximum atomic E-state index is 10.5. The van der Waals surface area contributed by atoms with Crippen LogP contribution in [0.1, 0.15) is 27.7 Å². The lowest BCUT2D eigenvalue weighted by molar-refractivity contribution is -0.299. The van der Waals surface area contributed by atoms with Crippen LogP contribution in [0.4, 0.5) is 0 Å². The second-order valence-corrected chi connectivity index (χ2v) is 4.73. The summed E-state index contributed by atoms with van der Waals surface area (Å²) in [6, 6.07) is 0. The molecule has 2 nitrogen and oxygen atoms in total. The molecule has 0 aliphatic carbocycles. The van der Waals surface area contributed by atoms with Crippen LogP contribution in [0.2, 0.25) is 0 Å². The van der Waals surface area contributed by atoms with Crippen LogP contribution in [0.5, 0.6) is 0 Å². The summed E-state index contributed by atoms with van der Waals surface area (Å²) in [5.41, 5.74) is 0. The van der Waals surface area contributed by atoms with Crippen molar-refractivity contribution in [1.82, 2.24) is 0 Å². The zero-order valence-corrected chi connectivity index (χ0v) is 7.24. The summed E-state index contributed by atoms with van der Waals surface area (Å²) in [6.45, 7) is 7.29. The Balaban J connectivity index is 4.01. The summed E-state index contributed by atoms with van der Waals surface area (Å²) in [5, 5.41) is -0.546. The maximum Gasteiger partial charge on any atom is -0.0404 e. The Labute approximate surface area is 57.8 Å². The SMILES string of the molecule is CC(C)C(C)(C)P([O-])[O-]. The molecule has 0 aliphatic rings. The van der Waals surface area contributed by atoms with Crippen molar-refractivity contribution in [2.24, 2.45) is 5.92 Å². The summed E-state index contributed by atoms with van der Waals surface area (Å²) < 4.78 is 0. The van der Waals surface area contributed by atoms with Gasteiger partial charge in [-0.1, -0.05) is 27.7 Å². The van der Waals surface area contributed by atoms with Crippen LogP contribution in [-0.2, 0) is 0 Å². The molecule has 0 aromatic heterocycles. The molecule has 9 heavy (non-hydrogen) atoms. The van der Waals surface area contributed by atoms with E-state index in [1.54, 1.807) is 13.8 Å². The van der Waals surface area contributed by atoms with E-state index in [9.17, 15) is 9.79 Å². The number of rotatable bonds is 2. The van der Waals surface area contributed by atoms with E-state index in [1.165, 1.54) is 0 Å². The van der Waals surface area contributed by atoms with Crippen molar-refractivity contribution in [2.45, 2.75) is 32.9 Å². The minimum atomic E-state index is -2.28. The van der Waals surface area contributed by atoms with E-state index in [2.05, 4.69) is 0 Å². The van der Waals surface area contributed by atoms with Gasteiger partial charge in [0.1, 0.15) is 0 Å². The molecule has 0 rings (SSSR count). The third-order valence-electron chi connectivity index (χ3n) is 1.88. The molecule has 0 aliphatic heterocycles. The quantitative estimate of drug-likeness (QED) is 0.534. The van der Waals surface area contributed by atoms with Crippen LogP contribution >= 0.6 is 8.38 Å². The molecule has 3 heteroatoms. The van der Waals surface area contributed by atoms with Crippen LogP contribution in [0.15, 0.2) is 0 Å². The van der Waals surface area contributed by atoms with Gasteiger partial charge >= 0.3 is 0 Å². The average Bonchev–Trinajstić information content (AvgIpc) is 1.65. The molecule has 0 bridgehead atoms. The molecule has 0 unspecified atom stereocenters. The summed E-state index contributed by atoms with van der Waals surface area (Å²) in [5.74, 6) is 0.193. The third kappa shape index (κ3) is 2.21. The molecular weight excluding hydrogens is 135 g/mol. The van der Waals surface area contributed by atoms with E-state index < -0.39 is 13.5 Å². The number of hydrogen-bond donors (Lipinski definition) is 0. The lowest BCUT2D eigenvalue weighted by Gasteiger charge is -2.49. The van der Waals surface area contributed by atoms with Crippen LogP contribution in [0.3, 0.4) is 0 Å². The normalized spacial score (nSPS) is 13.3. The highest BCUT2D eigenvalue weighted by Crippen LogP contribution is 2.39. The number of hydrogen-bond acceptors (Lipinski definition) is 2. The van der Waals surface area contributed by atoms with Crippen molar-refractivity contribution in [2.75, 3.05) is 0 Å². The molecule has 0 aromatic carbocycles. The molecule has 56 valence electrons. The standard InChI is InChI=1S/C6H13O2P/c1-5(2)6(3,4)9(7)8/h5H,1-4H3/q-2. The Kier molecular flexibility index (Phi) is 3.07. The van der Waals surface area contributed by atoms with E-state index in [4.69, 9.17) is 0 Å². The highest BCUT2D eigenvalue weighted by Gasteiger charge is 2.17. The first-order chi connectivity index (χ1) is 3.89. The molecule has 0 fully saturated rings. The Morgan fingerprint density at radius 1 is 1.22 bits per heavy atom. The Bertz CT molecular complexity index is 79.1. The summed E-state index contributed by atoms with van der Waals surface area (Å²) in [4.78, 5) is 21.0. The molecule has 0 heterocycles. The topological polar surface area (TPSA) is 46.1 Å². The third-order valence-corrected chi connectivity index (χ3v) is 3.34. The fourth-order valence-electron chi connectivity index (χ4n) is 0.211. The Morgan fingerprint density at radius 2 is 1.56 bits per heavy atom. The van der Waals surface area contributed by atoms with E-state index in [-0.39, 0.29) is 5.92 Å². The van der Waals surface area contributed by atoms with Gasteiger partial charge in [0.15, 0.2) is 0 Å². The van der Waals surface area contributed by atoms with Crippen LogP contribution in [0.25, 0.3) is 0 Å². The first-order valence-electron chi connectivity index (χ1n) is 3.03. The highest BCUT2D eigenvalue weighted by molar-refractivity contribution is 7.43. The molecule has 0 saturated carbocycles. The molecule has 0 spiro atoms. The van der Waals surface area contributed by atoms with Gasteiger partial charge in [-0.2, -0.15) is 0 Å². The molecule has 0 amide bonds. The monoisotopic (exact) mass is 148 g/mol. The Hall–Kier alpha value is 0.350. The zero-order chi connectivity index (χ0) is 7.65. The molecular formula is C6H13O2P-2. The van der Waals surface area contributed by atoms with Crippen LogP contribution < -0.4 is 9.79 Å². The van der Waals surface area contributed by atoms with Gasteiger partial charge in [0, 0.05) is 0 Å². The minimum Gasteiger partial charge on any atom is -0.841 e. The average molecular weight is 148 g/mol. The fraction of sp³-hybridized carbons (Fsp3) is 1.00. The second-order valence-electron chi connectivity index (χ2n) is 3.07. The van der Waals surface area contributed by atoms with Crippen molar-refractivity contribution in [1.29, 1.82) is 0 Å². The molecule has 0 saturated heterocycles. The van der Waals surface area contributed by atoms with E-state index in [0.717, 1.165) is 0 Å². The van der Waals surface area contributed by atoms with Gasteiger partial charge in [0.05, 0.1) is 0 Å². The molecule has 0 N–H and O–H groups in total. The zero-order valence-electron chi connectivity index (χ0n) is 6.34. The van der Waals surface area contributed by atoms with Crippen molar-refractivity contribution in [3.8, 4) is 0 Å². The summed E-state index contributed by atoms with van der Waals surface area (Å²) in [6.07, 6.45) is 0. The van der Waals surface area contributed by atoms with Crippen LogP contribution in [-0.4, -0.2) is 5.16 Å². The largest absolute Gasteiger partial charge is 0.841 e. The van der Waals surface area contributed by atoms with Crippen molar-refractivity contribution < 1.29 is 9.79 Å². The summed E-state index contributed by atoms with van der Waals surface area (Å²) in [7, 11) is -2.28. The predicted octanol–water partition coefficient (Wildman–Crippen LogP) is 0.453. The molecule has 0 atom stereocenters. The van der Waals surface area contributed by atoms with Gasteiger partial charge in [-0.3, -0.25) is 0 Å². The highest BCUT2D eigenvalue weighted by atomic mass is 31.2. The smallest absolute Gasteiger partial charge is 0.0404 e. The molecule has 0 aromatic rings. The minimum absolute atomic E-state index is 0.193. The van der Waals surface area contributed by atoms with Gasteiger partial charge in [0.2, 0.25) is 0 Å². The van der Waals surface area contributed by atoms with Gasteiger partial charge in [-0.15, -0.1) is 0 Å². The first-order valence-corrected chi connectivity index (χ1v) is 4.21. The van der Waals surface area contributed by atoms with Gasteiger partial charge < -0.3 is 18.2 Å². The van der Waals surface area contributed by atoms with Crippen LogP contribution in [0, 0.1) is 5.92 Å². The van der Waals surface area contributed by atoms with Crippen molar-refractivity contribution in [3.05, 3.63) is 0 Å². The summed E-state index contributed by atoms with van der Waals surface area (Å²) >= 11 is 0. The second kappa shape index (κ2) is 2.96.